The summed E-state index contributed by atoms with van der Waals surface area (Å²) in [6, 6.07) is -0.969. The lowest BCUT2D eigenvalue weighted by Gasteiger charge is -2.49. The van der Waals surface area contributed by atoms with Crippen LogP contribution in [-0.4, -0.2) is 68.5 Å². The third kappa shape index (κ3) is 4.60. The molecule has 3 heterocycles. The predicted molar refractivity (Wildman–Crippen MR) is 114 cm³/mol. The number of esters is 2. The van der Waals surface area contributed by atoms with Crippen molar-refractivity contribution in [1.29, 1.82) is 0 Å². The number of carbonyl (C=O) groups is 4. The molecule has 3 rings (SSSR count). The van der Waals surface area contributed by atoms with Crippen molar-refractivity contribution in [1.82, 2.24) is 15.2 Å². The summed E-state index contributed by atoms with van der Waals surface area (Å²) in [5.74, 6) is -2.46. The van der Waals surface area contributed by atoms with E-state index in [4.69, 9.17) is 10.5 Å². The summed E-state index contributed by atoms with van der Waals surface area (Å²) >= 11 is 2.40. The molecule has 4 N–H and O–H groups in total. The molecule has 2 aliphatic heterocycles. The number of nitrogens with zero attached hydrogens (tertiary/aromatic N) is 3. The average Bonchev–Trinajstić information content (AvgIpc) is 3.17. The zero-order valence-corrected chi connectivity index (χ0v) is 18.6. The Morgan fingerprint density at radius 1 is 1.44 bits per heavy atom. The van der Waals surface area contributed by atoms with E-state index in [1.165, 1.54) is 29.0 Å². The van der Waals surface area contributed by atoms with Crippen molar-refractivity contribution < 1.29 is 33.9 Å². The maximum Gasteiger partial charge on any atom is 0.358 e. The number of thiazole rings is 1. The van der Waals surface area contributed by atoms with Crippen LogP contribution in [0.25, 0.3) is 0 Å². The van der Waals surface area contributed by atoms with E-state index in [-0.39, 0.29) is 16.5 Å². The van der Waals surface area contributed by atoms with Gasteiger partial charge in [0, 0.05) is 18.1 Å². The number of nitrogens with two attached hydrogens (primary N) is 1. The molecule has 2 unspecified atom stereocenters. The summed E-state index contributed by atoms with van der Waals surface area (Å²) in [6.45, 7) is 2.34. The molecule has 170 valence electrons. The number of fused-ring (bicyclic) bond motifs is 1. The molecule has 0 aliphatic carbocycles. The van der Waals surface area contributed by atoms with Crippen LogP contribution in [0.3, 0.4) is 0 Å². The monoisotopic (exact) mass is 481 g/mol. The molecule has 2 atom stereocenters. The summed E-state index contributed by atoms with van der Waals surface area (Å²) < 4.78 is 9.59. The molecule has 1 aromatic rings. The van der Waals surface area contributed by atoms with Gasteiger partial charge >= 0.3 is 11.9 Å². The van der Waals surface area contributed by atoms with Crippen molar-refractivity contribution in [2.45, 2.75) is 25.3 Å². The van der Waals surface area contributed by atoms with Gasteiger partial charge in [-0.3, -0.25) is 19.3 Å². The zero-order valence-electron chi connectivity index (χ0n) is 16.9. The first-order valence-corrected chi connectivity index (χ1v) is 11.1. The van der Waals surface area contributed by atoms with Gasteiger partial charge in [0.15, 0.2) is 10.8 Å². The van der Waals surface area contributed by atoms with Crippen molar-refractivity contribution in [2.24, 2.45) is 5.16 Å². The Morgan fingerprint density at radius 3 is 2.78 bits per heavy atom. The third-order valence-corrected chi connectivity index (χ3v) is 6.35. The van der Waals surface area contributed by atoms with Gasteiger partial charge < -0.3 is 25.7 Å². The van der Waals surface area contributed by atoms with E-state index >= 15 is 0 Å². The summed E-state index contributed by atoms with van der Waals surface area (Å²) in [4.78, 5) is 54.0. The maximum absolute atomic E-state index is 12.8. The predicted octanol–water partition coefficient (Wildman–Crippen LogP) is 0.198. The van der Waals surface area contributed by atoms with Gasteiger partial charge in [-0.2, -0.15) is 0 Å². The first-order chi connectivity index (χ1) is 15.3. The first-order valence-electron chi connectivity index (χ1n) is 9.13. The fraction of sp³-hybridized carbons (Fsp3) is 0.333. The molecule has 0 bridgehead atoms. The zero-order chi connectivity index (χ0) is 23.4. The number of nitrogen functional groups attached to an aromatic ring is 1. The molecule has 0 radical (unpaired) electrons. The smallest absolute Gasteiger partial charge is 0.358 e. The van der Waals surface area contributed by atoms with Crippen LogP contribution in [-0.2, 0) is 28.7 Å². The van der Waals surface area contributed by atoms with Gasteiger partial charge in [-0.05, 0) is 12.5 Å². The molecular formula is C18H19N5O7S2. The number of carbonyl (C=O) groups excluding carboxylic acids is 4. The second-order valence-electron chi connectivity index (χ2n) is 6.44. The van der Waals surface area contributed by atoms with Crippen LogP contribution in [0.1, 0.15) is 19.5 Å². The van der Waals surface area contributed by atoms with Crippen LogP contribution < -0.4 is 11.1 Å². The quantitative estimate of drug-likeness (QED) is 0.122. The number of hydrogen-bond donors (Lipinski definition) is 3. The van der Waals surface area contributed by atoms with Gasteiger partial charge in [0.2, 0.25) is 6.79 Å². The Kier molecular flexibility index (Phi) is 7.15. The molecule has 0 saturated carbocycles. The van der Waals surface area contributed by atoms with Crippen LogP contribution in [0.4, 0.5) is 5.13 Å². The molecule has 1 aromatic heterocycles. The molecule has 32 heavy (non-hydrogen) atoms. The molecule has 2 amide bonds. The Balaban J connectivity index is 1.76. The van der Waals surface area contributed by atoms with Crippen LogP contribution >= 0.6 is 23.1 Å². The number of amides is 2. The Hall–Kier alpha value is -3.39. The van der Waals surface area contributed by atoms with Crippen LogP contribution in [0.2, 0.25) is 0 Å². The summed E-state index contributed by atoms with van der Waals surface area (Å²) in [5, 5.41) is 15.7. The van der Waals surface area contributed by atoms with Gasteiger partial charge in [0.25, 0.3) is 11.8 Å². The molecular weight excluding hydrogens is 462 g/mol. The first kappa shape index (κ1) is 23.3. The van der Waals surface area contributed by atoms with Crippen LogP contribution in [0.5, 0.6) is 0 Å². The van der Waals surface area contributed by atoms with E-state index in [1.807, 2.05) is 0 Å². The second-order valence-corrected chi connectivity index (χ2v) is 8.43. The number of β-lactam (4-membered cyclic amide) rings is 1. The third-order valence-electron chi connectivity index (χ3n) is 4.38. The number of anilines is 1. The number of rotatable bonds is 7. The van der Waals surface area contributed by atoms with Crippen molar-refractivity contribution in [3.63, 3.8) is 0 Å². The van der Waals surface area contributed by atoms with Gasteiger partial charge in [-0.15, -0.1) is 23.1 Å². The largest absolute Gasteiger partial charge is 0.428 e. The van der Waals surface area contributed by atoms with Crippen molar-refractivity contribution >= 4 is 57.7 Å². The van der Waals surface area contributed by atoms with E-state index in [9.17, 15) is 24.4 Å². The number of hydrogen-bond acceptors (Lipinski definition) is 12. The molecule has 14 heteroatoms. The molecule has 12 nitrogen and oxygen atoms in total. The summed E-state index contributed by atoms with van der Waals surface area (Å²) in [7, 11) is 0. The lowest BCUT2D eigenvalue weighted by molar-refractivity contribution is -0.166. The number of nitrogens with one attached hydrogen (secondary N) is 1. The normalized spacial score (nSPS) is 20.6. The standard InChI is InChI=1S/C18H19N5O7S2/c1-3-4-9-5-31-16-12(21-14(25)11(22-28)10-6-32-18(19)20-10)15(26)23(16)13(9)17(27)30-7-29-8(2)24/h3-4,6,12,16,28H,5,7H2,1-2H3,(H2,19,20)(H,21,25)/b4-3-,22-11-. The van der Waals surface area contributed by atoms with E-state index in [1.54, 1.807) is 19.1 Å². The van der Waals surface area contributed by atoms with Crippen LogP contribution in [0.15, 0.2) is 34.0 Å². The van der Waals surface area contributed by atoms with Crippen molar-refractivity contribution in [3.05, 3.63) is 34.5 Å². The highest BCUT2D eigenvalue weighted by molar-refractivity contribution is 8.00. The SMILES string of the molecule is C/C=C\C1=C(C(=O)OCOC(C)=O)N2C(=O)C(NC(=O)/C(=N\O)c3csc(N)n3)C2SC1. The Labute approximate surface area is 190 Å². The van der Waals surface area contributed by atoms with Crippen molar-refractivity contribution in [3.8, 4) is 0 Å². The van der Waals surface area contributed by atoms with Crippen molar-refractivity contribution in [2.75, 3.05) is 18.3 Å². The molecule has 2 aliphatic rings. The number of ether oxygens (including phenoxy) is 2. The fourth-order valence-corrected chi connectivity index (χ4v) is 4.88. The fourth-order valence-electron chi connectivity index (χ4n) is 3.01. The molecule has 0 aromatic carbocycles. The minimum Gasteiger partial charge on any atom is -0.428 e. The minimum atomic E-state index is -0.969. The number of aromatic nitrogens is 1. The lowest BCUT2D eigenvalue weighted by Crippen LogP contribution is -2.71. The second kappa shape index (κ2) is 9.82. The average molecular weight is 482 g/mol. The maximum atomic E-state index is 12.8. The Morgan fingerprint density at radius 2 is 2.19 bits per heavy atom. The highest BCUT2D eigenvalue weighted by atomic mass is 32.2. The summed E-state index contributed by atoms with van der Waals surface area (Å²) in [6.07, 6.45) is 3.39. The number of allylic oxidation sites excluding steroid dienone is 2. The highest BCUT2D eigenvalue weighted by Crippen LogP contribution is 2.41. The molecule has 0 spiro atoms. The number of oxime groups is 1. The van der Waals surface area contributed by atoms with Gasteiger partial charge in [-0.1, -0.05) is 17.3 Å². The topological polar surface area (TPSA) is 174 Å². The number of thioether (sulfide) groups is 1. The summed E-state index contributed by atoms with van der Waals surface area (Å²) in [5.41, 5.74) is 5.78. The van der Waals surface area contributed by atoms with Gasteiger partial charge in [0.05, 0.1) is 0 Å². The van der Waals surface area contributed by atoms with E-state index in [0.717, 1.165) is 11.3 Å². The van der Waals surface area contributed by atoms with E-state index in [2.05, 4.69) is 20.2 Å². The minimum absolute atomic E-state index is 0.0119. The Bertz CT molecular complexity index is 1050. The van der Waals surface area contributed by atoms with Gasteiger partial charge in [-0.25, -0.2) is 9.78 Å². The van der Waals surface area contributed by atoms with Gasteiger partial charge in [0.1, 0.15) is 22.8 Å². The molecule has 1 fully saturated rings. The van der Waals surface area contributed by atoms with Crippen LogP contribution in [0, 0.1) is 0 Å². The molecule has 1 saturated heterocycles. The van der Waals surface area contributed by atoms with E-state index in [0.29, 0.717) is 11.3 Å². The van der Waals surface area contributed by atoms with E-state index < -0.39 is 47.7 Å². The lowest BCUT2D eigenvalue weighted by atomic mass is 10.0. The highest BCUT2D eigenvalue weighted by Gasteiger charge is 2.54.